The number of hydrogen-bond donors (Lipinski definition) is 1. The van der Waals surface area contributed by atoms with E-state index >= 15 is 0 Å². The number of hydrogen-bond acceptors (Lipinski definition) is 4. The molecule has 2 aromatic rings. The molecule has 1 aliphatic rings. The van der Waals surface area contributed by atoms with Gasteiger partial charge in [-0.05, 0) is 55.7 Å². The van der Waals surface area contributed by atoms with E-state index in [0.29, 0.717) is 5.69 Å². The molecule has 0 aliphatic carbocycles. The van der Waals surface area contributed by atoms with Gasteiger partial charge in [0, 0.05) is 11.7 Å². The molecule has 0 fully saturated rings. The molecule has 25 heavy (non-hydrogen) atoms. The summed E-state index contributed by atoms with van der Waals surface area (Å²) in [5.41, 5.74) is 2.24. The van der Waals surface area contributed by atoms with Gasteiger partial charge >= 0.3 is 6.09 Å². The van der Waals surface area contributed by atoms with Crippen LogP contribution in [0.15, 0.2) is 53.4 Å². The lowest BCUT2D eigenvalue weighted by atomic mass is 9.99. The van der Waals surface area contributed by atoms with Gasteiger partial charge in [0.2, 0.25) is 0 Å². The van der Waals surface area contributed by atoms with E-state index < -0.39 is 16.1 Å². The van der Waals surface area contributed by atoms with Crippen molar-refractivity contribution in [2.45, 2.75) is 30.7 Å². The lowest BCUT2D eigenvalue weighted by Gasteiger charge is -2.36. The SMILES string of the molecule is COC(=O)Nc1ccc(S(=O)(=O)N2c3ccccc3CC[C@@H]2C)cc1. The molecule has 2 aromatic carbocycles. The van der Waals surface area contributed by atoms with Crippen molar-refractivity contribution in [3.63, 3.8) is 0 Å². The zero-order chi connectivity index (χ0) is 18.0. The number of fused-ring (bicyclic) bond motifs is 1. The summed E-state index contributed by atoms with van der Waals surface area (Å²) in [7, 11) is -2.42. The highest BCUT2D eigenvalue weighted by atomic mass is 32.2. The number of nitrogens with one attached hydrogen (secondary N) is 1. The minimum Gasteiger partial charge on any atom is -0.453 e. The average molecular weight is 360 g/mol. The normalized spacial score (nSPS) is 16.9. The van der Waals surface area contributed by atoms with Gasteiger partial charge in [0.05, 0.1) is 17.7 Å². The number of anilines is 2. The number of rotatable bonds is 3. The molecule has 0 saturated heterocycles. The minimum absolute atomic E-state index is 0.118. The molecule has 1 amide bonds. The summed E-state index contributed by atoms with van der Waals surface area (Å²) in [6, 6.07) is 13.5. The maximum absolute atomic E-state index is 13.2. The van der Waals surface area contributed by atoms with Crippen LogP contribution in [0, 0.1) is 0 Å². The number of sulfonamides is 1. The fraction of sp³-hybridized carbons (Fsp3) is 0.278. The van der Waals surface area contributed by atoms with Crippen molar-refractivity contribution in [1.29, 1.82) is 0 Å². The third-order valence-corrected chi connectivity index (χ3v) is 6.25. The Balaban J connectivity index is 1.95. The Hall–Kier alpha value is -2.54. The van der Waals surface area contributed by atoms with Crippen LogP contribution >= 0.6 is 0 Å². The van der Waals surface area contributed by atoms with Crippen LogP contribution in [0.3, 0.4) is 0 Å². The summed E-state index contributed by atoms with van der Waals surface area (Å²) in [6.07, 6.45) is 1.04. The maximum Gasteiger partial charge on any atom is 0.411 e. The van der Waals surface area contributed by atoms with Gasteiger partial charge < -0.3 is 4.74 Å². The predicted molar refractivity (Wildman–Crippen MR) is 96.4 cm³/mol. The quantitative estimate of drug-likeness (QED) is 0.910. The predicted octanol–water partition coefficient (Wildman–Crippen LogP) is 3.39. The second-order valence-electron chi connectivity index (χ2n) is 5.96. The first-order chi connectivity index (χ1) is 11.9. The molecule has 0 aromatic heterocycles. The molecule has 132 valence electrons. The largest absolute Gasteiger partial charge is 0.453 e. The number of methoxy groups -OCH3 is 1. The van der Waals surface area contributed by atoms with Crippen LogP contribution in [0.4, 0.5) is 16.2 Å². The molecule has 6 nitrogen and oxygen atoms in total. The average Bonchev–Trinajstić information content (AvgIpc) is 2.61. The first kappa shape index (κ1) is 17.3. The summed E-state index contributed by atoms with van der Waals surface area (Å²) in [5, 5.41) is 2.50. The van der Waals surface area contributed by atoms with Gasteiger partial charge in [0.15, 0.2) is 0 Å². The number of ether oxygens (including phenoxy) is 1. The van der Waals surface area contributed by atoms with Crippen molar-refractivity contribution in [3.8, 4) is 0 Å². The lowest BCUT2D eigenvalue weighted by Crippen LogP contribution is -2.42. The fourth-order valence-electron chi connectivity index (χ4n) is 3.02. The molecule has 0 saturated carbocycles. The zero-order valence-corrected chi connectivity index (χ0v) is 14.9. The van der Waals surface area contributed by atoms with Crippen LogP contribution in [0.1, 0.15) is 18.9 Å². The van der Waals surface area contributed by atoms with Crippen LogP contribution in [0.5, 0.6) is 0 Å². The van der Waals surface area contributed by atoms with E-state index in [9.17, 15) is 13.2 Å². The van der Waals surface area contributed by atoms with Crippen molar-refractivity contribution in [3.05, 3.63) is 54.1 Å². The van der Waals surface area contributed by atoms with Gasteiger partial charge in [-0.3, -0.25) is 9.62 Å². The Bertz CT molecular complexity index is 878. The molecule has 1 heterocycles. The summed E-state index contributed by atoms with van der Waals surface area (Å²) in [6.45, 7) is 1.92. The Morgan fingerprint density at radius 1 is 1.16 bits per heavy atom. The molecule has 0 spiro atoms. The van der Waals surface area contributed by atoms with Gasteiger partial charge in [0.1, 0.15) is 0 Å². The molecular formula is C18H20N2O4S. The standard InChI is InChI=1S/C18H20N2O4S/c1-13-7-8-14-5-3-4-6-17(14)20(13)25(22,23)16-11-9-15(10-12-16)19-18(21)24-2/h3-6,9-13H,7-8H2,1-2H3,(H,19,21)/t13-/m0/s1. The van der Waals surface area contributed by atoms with Crippen molar-refractivity contribution in [2.75, 3.05) is 16.7 Å². The highest BCUT2D eigenvalue weighted by molar-refractivity contribution is 7.92. The third-order valence-electron chi connectivity index (χ3n) is 4.30. The Morgan fingerprint density at radius 2 is 1.84 bits per heavy atom. The van der Waals surface area contributed by atoms with E-state index in [1.54, 1.807) is 12.1 Å². The van der Waals surface area contributed by atoms with Crippen LogP contribution in [0.25, 0.3) is 0 Å². The zero-order valence-electron chi connectivity index (χ0n) is 14.1. The number of benzene rings is 2. The second-order valence-corrected chi connectivity index (χ2v) is 7.77. The number of aryl methyl sites for hydroxylation is 1. The molecule has 1 aliphatic heterocycles. The first-order valence-electron chi connectivity index (χ1n) is 8.01. The van der Waals surface area contributed by atoms with Crippen LogP contribution in [0.2, 0.25) is 0 Å². The van der Waals surface area contributed by atoms with Gasteiger partial charge in [-0.15, -0.1) is 0 Å². The monoisotopic (exact) mass is 360 g/mol. The van der Waals surface area contributed by atoms with Crippen LogP contribution < -0.4 is 9.62 Å². The van der Waals surface area contributed by atoms with Gasteiger partial charge in [-0.1, -0.05) is 18.2 Å². The summed E-state index contributed by atoms with van der Waals surface area (Å²) in [5.74, 6) is 0. The first-order valence-corrected chi connectivity index (χ1v) is 9.45. The van der Waals surface area contributed by atoms with Gasteiger partial charge in [-0.25, -0.2) is 13.2 Å². The summed E-state index contributed by atoms with van der Waals surface area (Å²) in [4.78, 5) is 11.4. The highest BCUT2D eigenvalue weighted by Crippen LogP contribution is 2.35. The lowest BCUT2D eigenvalue weighted by molar-refractivity contribution is 0.187. The molecule has 7 heteroatoms. The van der Waals surface area contributed by atoms with Crippen molar-refractivity contribution in [1.82, 2.24) is 0 Å². The Morgan fingerprint density at radius 3 is 2.52 bits per heavy atom. The highest BCUT2D eigenvalue weighted by Gasteiger charge is 2.33. The molecule has 1 N–H and O–H groups in total. The molecule has 3 rings (SSSR count). The number of carbonyl (C=O) groups excluding carboxylic acids is 1. The number of amides is 1. The number of para-hydroxylation sites is 1. The van der Waals surface area contributed by atoms with E-state index in [1.807, 2.05) is 31.2 Å². The Kier molecular flexibility index (Phi) is 4.67. The maximum atomic E-state index is 13.2. The van der Waals surface area contributed by atoms with Crippen LogP contribution in [-0.4, -0.2) is 27.7 Å². The summed E-state index contributed by atoms with van der Waals surface area (Å²) >= 11 is 0. The molecule has 0 unspecified atom stereocenters. The van der Waals surface area contributed by atoms with Crippen molar-refractivity contribution < 1.29 is 17.9 Å². The van der Waals surface area contributed by atoms with E-state index in [-0.39, 0.29) is 10.9 Å². The molecular weight excluding hydrogens is 340 g/mol. The van der Waals surface area contributed by atoms with Crippen LogP contribution in [-0.2, 0) is 21.2 Å². The molecule has 0 radical (unpaired) electrons. The van der Waals surface area contributed by atoms with Crippen molar-refractivity contribution >= 4 is 27.5 Å². The Labute approximate surface area is 147 Å². The second kappa shape index (κ2) is 6.76. The van der Waals surface area contributed by atoms with E-state index in [2.05, 4.69) is 10.1 Å². The summed E-state index contributed by atoms with van der Waals surface area (Å²) < 4.78 is 32.3. The fourth-order valence-corrected chi connectivity index (χ4v) is 4.74. The van der Waals surface area contributed by atoms with E-state index in [4.69, 9.17) is 0 Å². The van der Waals surface area contributed by atoms with E-state index in [1.165, 1.54) is 23.5 Å². The number of carbonyl (C=O) groups is 1. The van der Waals surface area contributed by atoms with Gasteiger partial charge in [-0.2, -0.15) is 0 Å². The van der Waals surface area contributed by atoms with E-state index in [0.717, 1.165) is 24.1 Å². The smallest absolute Gasteiger partial charge is 0.411 e. The number of nitrogens with zero attached hydrogens (tertiary/aromatic N) is 1. The third kappa shape index (κ3) is 3.32. The van der Waals surface area contributed by atoms with Gasteiger partial charge in [0.25, 0.3) is 10.0 Å². The minimum atomic E-state index is -3.69. The van der Waals surface area contributed by atoms with Crippen molar-refractivity contribution in [2.24, 2.45) is 0 Å². The molecule has 0 bridgehead atoms. The molecule has 1 atom stereocenters. The topological polar surface area (TPSA) is 75.7 Å².